The molecule has 72 valence electrons. The van der Waals surface area contributed by atoms with Gasteiger partial charge in [0.05, 0.1) is 0 Å². The summed E-state index contributed by atoms with van der Waals surface area (Å²) in [5.74, 6) is 0. The van der Waals surface area contributed by atoms with E-state index in [9.17, 15) is 0 Å². The maximum Gasteiger partial charge on any atom is 0.179 e. The molecule has 0 amide bonds. The molecule has 0 saturated heterocycles. The number of allylic oxidation sites excluding steroid dienone is 3. The van der Waals surface area contributed by atoms with E-state index in [1.54, 1.807) is 0 Å². The van der Waals surface area contributed by atoms with E-state index in [4.69, 9.17) is 46.4 Å². The van der Waals surface area contributed by atoms with Crippen molar-refractivity contribution in [1.82, 2.24) is 0 Å². The van der Waals surface area contributed by atoms with Crippen molar-refractivity contribution < 1.29 is 0 Å². The van der Waals surface area contributed by atoms with Gasteiger partial charge in [0.1, 0.15) is 0 Å². The molecule has 0 unspecified atom stereocenters. The number of alkyl halides is 4. The van der Waals surface area contributed by atoms with Crippen LogP contribution in [0, 0.1) is 0 Å². The zero-order chi connectivity index (χ0) is 10.4. The molecule has 0 aliphatic heterocycles. The number of rotatable bonds is 0. The van der Waals surface area contributed by atoms with Crippen molar-refractivity contribution in [1.29, 1.82) is 0 Å². The first-order valence-electron chi connectivity index (χ1n) is 3.52. The average molecular weight is 258 g/mol. The third kappa shape index (κ3) is 1.55. The Bertz CT molecular complexity index is 299. The summed E-state index contributed by atoms with van der Waals surface area (Å²) in [6, 6.07) is 0. The largest absolute Gasteiger partial charge is 0.179 e. The van der Waals surface area contributed by atoms with Gasteiger partial charge in [0.15, 0.2) is 8.67 Å². The highest BCUT2D eigenvalue weighted by Crippen LogP contribution is 2.57. The summed E-state index contributed by atoms with van der Waals surface area (Å²) < 4.78 is -2.84. The van der Waals surface area contributed by atoms with E-state index in [2.05, 4.69) is 19.7 Å². The lowest BCUT2D eigenvalue weighted by Gasteiger charge is -2.41. The van der Waals surface area contributed by atoms with Gasteiger partial charge in [-0.1, -0.05) is 66.1 Å². The molecule has 0 aromatic heterocycles. The van der Waals surface area contributed by atoms with Gasteiger partial charge in [0.25, 0.3) is 0 Å². The van der Waals surface area contributed by atoms with E-state index in [1.165, 1.54) is 0 Å². The van der Waals surface area contributed by atoms with Crippen LogP contribution < -0.4 is 0 Å². The summed E-state index contributed by atoms with van der Waals surface area (Å²) >= 11 is 23.9. The summed E-state index contributed by atoms with van der Waals surface area (Å²) in [4.78, 5) is 0. The second kappa shape index (κ2) is 3.20. The third-order valence-corrected chi connectivity index (χ3v) is 4.58. The molecule has 4 heteroatoms. The van der Waals surface area contributed by atoms with Crippen LogP contribution in [0.4, 0.5) is 0 Å². The van der Waals surface area contributed by atoms with Crippen molar-refractivity contribution in [3.05, 3.63) is 36.5 Å². The van der Waals surface area contributed by atoms with Gasteiger partial charge in [-0.3, -0.25) is 0 Å². The molecule has 0 spiro atoms. The Labute approximate surface area is 97.8 Å². The summed E-state index contributed by atoms with van der Waals surface area (Å²) in [5.41, 5.74) is 1.71. The van der Waals surface area contributed by atoms with Crippen LogP contribution in [0.25, 0.3) is 0 Å². The van der Waals surface area contributed by atoms with Crippen molar-refractivity contribution in [2.45, 2.75) is 15.1 Å². The van der Waals surface area contributed by atoms with Crippen LogP contribution in [0.15, 0.2) is 36.5 Å². The molecule has 0 heterocycles. The van der Waals surface area contributed by atoms with Gasteiger partial charge in [-0.2, -0.15) is 0 Å². The third-order valence-electron chi connectivity index (χ3n) is 2.07. The van der Waals surface area contributed by atoms with Gasteiger partial charge in [-0.15, -0.1) is 0 Å². The standard InChI is InChI=1S/C9H8Cl4/c1-5-4-6(2)8(10,11)9(12,13)7(5)3/h1-4H2. The molecule has 0 aromatic rings. The van der Waals surface area contributed by atoms with E-state index in [0.717, 1.165) is 0 Å². The predicted molar refractivity (Wildman–Crippen MR) is 60.9 cm³/mol. The molecule has 1 aliphatic carbocycles. The van der Waals surface area contributed by atoms with Crippen LogP contribution >= 0.6 is 46.4 Å². The molecule has 0 aromatic carbocycles. The molecular weight excluding hydrogens is 250 g/mol. The lowest BCUT2D eigenvalue weighted by atomic mass is 9.87. The Hall–Kier alpha value is 0.380. The molecule has 1 aliphatic rings. The Kier molecular flexibility index (Phi) is 2.82. The van der Waals surface area contributed by atoms with Crippen molar-refractivity contribution in [3.8, 4) is 0 Å². The van der Waals surface area contributed by atoms with E-state index >= 15 is 0 Å². The summed E-state index contributed by atoms with van der Waals surface area (Å²) in [5, 5.41) is 0. The van der Waals surface area contributed by atoms with Gasteiger partial charge in [-0.25, -0.2) is 0 Å². The summed E-state index contributed by atoms with van der Waals surface area (Å²) in [6.45, 7) is 11.2. The predicted octanol–water partition coefficient (Wildman–Crippen LogP) is 4.41. The summed E-state index contributed by atoms with van der Waals surface area (Å²) in [7, 11) is 0. The maximum atomic E-state index is 5.98. The monoisotopic (exact) mass is 256 g/mol. The Morgan fingerprint density at radius 3 is 1.85 bits per heavy atom. The zero-order valence-electron chi connectivity index (χ0n) is 6.84. The first-order chi connectivity index (χ1) is 5.71. The van der Waals surface area contributed by atoms with Crippen LogP contribution in [0.5, 0.6) is 0 Å². The first kappa shape index (κ1) is 11.5. The summed E-state index contributed by atoms with van der Waals surface area (Å²) in [6.07, 6.45) is 0.479. The highest BCUT2D eigenvalue weighted by molar-refractivity contribution is 6.65. The quantitative estimate of drug-likeness (QED) is 0.446. The fraction of sp³-hybridized carbons (Fsp3) is 0.333. The second-order valence-corrected chi connectivity index (χ2v) is 5.67. The van der Waals surface area contributed by atoms with Gasteiger partial charge >= 0.3 is 0 Å². The molecule has 1 saturated carbocycles. The smallest absolute Gasteiger partial charge is 0.0964 e. The highest BCUT2D eigenvalue weighted by atomic mass is 35.5. The van der Waals surface area contributed by atoms with E-state index < -0.39 is 8.67 Å². The SMILES string of the molecule is C=C1CC(=C)C(Cl)(Cl)C(Cl)(Cl)C1=C. The topological polar surface area (TPSA) is 0 Å². The average Bonchev–Trinajstić information content (AvgIpc) is 2.00. The van der Waals surface area contributed by atoms with Crippen molar-refractivity contribution in [3.63, 3.8) is 0 Å². The van der Waals surface area contributed by atoms with Crippen LogP contribution in [-0.2, 0) is 0 Å². The van der Waals surface area contributed by atoms with E-state index in [0.29, 0.717) is 23.1 Å². The Morgan fingerprint density at radius 1 is 0.923 bits per heavy atom. The molecule has 13 heavy (non-hydrogen) atoms. The van der Waals surface area contributed by atoms with Crippen LogP contribution in [0.1, 0.15) is 6.42 Å². The van der Waals surface area contributed by atoms with Gasteiger partial charge < -0.3 is 0 Å². The number of hydrogen-bond donors (Lipinski definition) is 0. The van der Waals surface area contributed by atoms with Crippen molar-refractivity contribution in [2.75, 3.05) is 0 Å². The molecule has 1 rings (SSSR count). The molecule has 0 radical (unpaired) electrons. The highest BCUT2D eigenvalue weighted by Gasteiger charge is 2.54. The first-order valence-corrected chi connectivity index (χ1v) is 5.04. The fourth-order valence-corrected chi connectivity index (χ4v) is 2.01. The van der Waals surface area contributed by atoms with Crippen molar-refractivity contribution in [2.24, 2.45) is 0 Å². The van der Waals surface area contributed by atoms with Gasteiger partial charge in [-0.05, 0) is 23.1 Å². The van der Waals surface area contributed by atoms with Gasteiger partial charge in [0.2, 0.25) is 0 Å². The number of hydrogen-bond acceptors (Lipinski definition) is 0. The zero-order valence-corrected chi connectivity index (χ0v) is 9.86. The fourth-order valence-electron chi connectivity index (χ4n) is 1.11. The lowest BCUT2D eigenvalue weighted by molar-refractivity contribution is 0.747. The molecule has 0 bridgehead atoms. The minimum absolute atomic E-state index is 0.452. The Balaban J connectivity index is 3.23. The van der Waals surface area contributed by atoms with Crippen LogP contribution in [-0.4, -0.2) is 8.67 Å². The molecule has 0 nitrogen and oxygen atoms in total. The normalized spacial score (nSPS) is 26.3. The number of halogens is 4. The minimum atomic E-state index is -1.44. The van der Waals surface area contributed by atoms with Gasteiger partial charge in [0, 0.05) is 0 Å². The lowest BCUT2D eigenvalue weighted by Crippen LogP contribution is -2.43. The van der Waals surface area contributed by atoms with Crippen LogP contribution in [0.3, 0.4) is 0 Å². The Morgan fingerprint density at radius 2 is 1.38 bits per heavy atom. The van der Waals surface area contributed by atoms with Crippen LogP contribution in [0.2, 0.25) is 0 Å². The molecule has 1 fully saturated rings. The van der Waals surface area contributed by atoms with E-state index in [1.807, 2.05) is 0 Å². The second-order valence-electron chi connectivity index (χ2n) is 3.01. The van der Waals surface area contributed by atoms with E-state index in [-0.39, 0.29) is 0 Å². The van der Waals surface area contributed by atoms with Crippen molar-refractivity contribution >= 4 is 46.4 Å². The molecular formula is C9H8Cl4. The minimum Gasteiger partial charge on any atom is -0.0964 e. The maximum absolute atomic E-state index is 5.98. The molecule has 0 N–H and O–H groups in total. The molecule has 0 atom stereocenters.